The van der Waals surface area contributed by atoms with Crippen LogP contribution in [0.1, 0.15) is 43.2 Å². The summed E-state index contributed by atoms with van der Waals surface area (Å²) in [5.74, 6) is 2.29. The predicted octanol–water partition coefficient (Wildman–Crippen LogP) is 6.58. The van der Waals surface area contributed by atoms with Crippen molar-refractivity contribution in [3.63, 3.8) is 0 Å². The van der Waals surface area contributed by atoms with E-state index >= 15 is 0 Å². The molecular weight excluding hydrogens is 531 g/mol. The number of halogens is 2. The van der Waals surface area contributed by atoms with Crippen molar-refractivity contribution < 1.29 is 9.53 Å². The summed E-state index contributed by atoms with van der Waals surface area (Å²) < 4.78 is 6.35. The third-order valence-electron chi connectivity index (χ3n) is 8.06. The van der Waals surface area contributed by atoms with Gasteiger partial charge >= 0.3 is 0 Å². The molecule has 0 saturated carbocycles. The summed E-state index contributed by atoms with van der Waals surface area (Å²) >= 11 is 12.3. The van der Waals surface area contributed by atoms with Gasteiger partial charge in [0.2, 0.25) is 5.91 Å². The molecule has 0 aliphatic carbocycles. The van der Waals surface area contributed by atoms with E-state index in [4.69, 9.17) is 33.2 Å². The molecule has 1 amide bonds. The quantitative estimate of drug-likeness (QED) is 0.339. The van der Waals surface area contributed by atoms with Crippen LogP contribution in [0.3, 0.4) is 0 Å². The Morgan fingerprint density at radius 2 is 1.64 bits per heavy atom. The van der Waals surface area contributed by atoms with Crippen molar-refractivity contribution in [2.75, 3.05) is 31.1 Å². The Hall–Kier alpha value is -3.27. The van der Waals surface area contributed by atoms with Gasteiger partial charge in [-0.3, -0.25) is 4.79 Å². The van der Waals surface area contributed by atoms with Gasteiger partial charge in [-0.15, -0.1) is 0 Å². The Balaban J connectivity index is 1.25. The lowest BCUT2D eigenvalue weighted by Gasteiger charge is -2.43. The molecule has 39 heavy (non-hydrogen) atoms. The fraction of sp³-hybridized carbons (Fsp3) is 0.387. The van der Waals surface area contributed by atoms with Gasteiger partial charge in [0.25, 0.3) is 0 Å². The molecule has 0 spiro atoms. The van der Waals surface area contributed by atoms with Gasteiger partial charge < -0.3 is 14.5 Å². The first-order valence-corrected chi connectivity index (χ1v) is 14.2. The largest absolute Gasteiger partial charge is 0.490 e. The van der Waals surface area contributed by atoms with Gasteiger partial charge in [-0.1, -0.05) is 35.3 Å². The Kier molecular flexibility index (Phi) is 8.60. The molecule has 3 atom stereocenters. The third-order valence-corrected chi connectivity index (χ3v) is 8.56. The SMILES string of the molecule is CC(Oc1ccc(Cl)cc1)[C@H]1CCN(C(=O)C2CCN(c3ccc(C#N)cn3)CC2)C[C@@H]1c1ccc(Cl)cc1. The minimum absolute atomic E-state index is 0.00444. The molecule has 1 unspecified atom stereocenters. The highest BCUT2D eigenvalue weighted by molar-refractivity contribution is 6.30. The smallest absolute Gasteiger partial charge is 0.225 e. The van der Waals surface area contributed by atoms with E-state index in [0.717, 1.165) is 50.5 Å². The molecule has 6 nitrogen and oxygen atoms in total. The van der Waals surface area contributed by atoms with E-state index in [1.54, 1.807) is 12.3 Å². The van der Waals surface area contributed by atoms with Crippen molar-refractivity contribution in [3.8, 4) is 11.8 Å². The van der Waals surface area contributed by atoms with E-state index in [-0.39, 0.29) is 29.8 Å². The summed E-state index contributed by atoms with van der Waals surface area (Å²) in [5, 5.41) is 10.4. The molecule has 5 rings (SSSR count). The number of nitriles is 1. The zero-order chi connectivity index (χ0) is 27.4. The van der Waals surface area contributed by atoms with E-state index < -0.39 is 0 Å². The summed E-state index contributed by atoms with van der Waals surface area (Å²) in [6.45, 7) is 5.05. The van der Waals surface area contributed by atoms with Crippen molar-refractivity contribution in [3.05, 3.63) is 88.0 Å². The average Bonchev–Trinajstić information content (AvgIpc) is 2.98. The van der Waals surface area contributed by atoms with Crippen LogP contribution in [0.5, 0.6) is 5.75 Å². The van der Waals surface area contributed by atoms with Crippen LogP contribution in [-0.2, 0) is 4.79 Å². The fourth-order valence-electron chi connectivity index (χ4n) is 5.86. The molecule has 3 aromatic rings. The monoisotopic (exact) mass is 562 g/mol. The number of aromatic nitrogens is 1. The third kappa shape index (κ3) is 6.49. The van der Waals surface area contributed by atoms with Crippen LogP contribution in [0.25, 0.3) is 0 Å². The maximum atomic E-state index is 13.7. The van der Waals surface area contributed by atoms with Crippen molar-refractivity contribution in [1.29, 1.82) is 5.26 Å². The molecule has 8 heteroatoms. The van der Waals surface area contributed by atoms with E-state index in [0.29, 0.717) is 22.2 Å². The Morgan fingerprint density at radius 1 is 0.974 bits per heavy atom. The molecule has 202 valence electrons. The highest BCUT2D eigenvalue weighted by atomic mass is 35.5. The first-order valence-electron chi connectivity index (χ1n) is 13.5. The predicted molar refractivity (Wildman–Crippen MR) is 154 cm³/mol. The standard InChI is InChI=1S/C31H32Cl2N4O2/c1-21(39-27-9-7-26(33)8-10-27)28-14-17-37(20-29(28)23-3-5-25(32)6-4-23)31(38)24-12-15-36(16-13-24)30-11-2-22(18-34)19-35-30/h2-11,19,21,24,28-29H,12-17,20H2,1H3/t21?,28-,29-/m1/s1. The maximum Gasteiger partial charge on any atom is 0.225 e. The zero-order valence-electron chi connectivity index (χ0n) is 22.0. The van der Waals surface area contributed by atoms with Crippen molar-refractivity contribution in [2.45, 2.75) is 38.2 Å². The highest BCUT2D eigenvalue weighted by Gasteiger charge is 2.38. The van der Waals surface area contributed by atoms with Crippen LogP contribution in [0, 0.1) is 23.2 Å². The normalized spacial score (nSPS) is 20.8. The number of benzene rings is 2. The molecule has 1 aromatic heterocycles. The second-order valence-electron chi connectivity index (χ2n) is 10.4. The molecule has 0 N–H and O–H groups in total. The molecule has 0 radical (unpaired) electrons. The minimum atomic E-state index is -0.0349. The Morgan fingerprint density at radius 3 is 2.26 bits per heavy atom. The molecule has 2 fully saturated rings. The second kappa shape index (κ2) is 12.3. The summed E-state index contributed by atoms with van der Waals surface area (Å²) in [4.78, 5) is 22.4. The Labute approximate surface area is 240 Å². The second-order valence-corrected chi connectivity index (χ2v) is 11.3. The maximum absolute atomic E-state index is 13.7. The number of rotatable bonds is 6. The van der Waals surface area contributed by atoms with Crippen LogP contribution in [0.4, 0.5) is 5.82 Å². The first-order chi connectivity index (χ1) is 18.9. The Bertz CT molecular complexity index is 1300. The number of nitrogens with zero attached hydrogens (tertiary/aromatic N) is 4. The number of hydrogen-bond acceptors (Lipinski definition) is 5. The number of carbonyl (C=O) groups is 1. The van der Waals surface area contributed by atoms with Gasteiger partial charge in [-0.05, 0) is 80.3 Å². The molecule has 3 heterocycles. The summed E-state index contributed by atoms with van der Waals surface area (Å²) in [6.07, 6.45) is 4.02. The number of anilines is 1. The lowest BCUT2D eigenvalue weighted by molar-refractivity contribution is -0.138. The highest BCUT2D eigenvalue weighted by Crippen LogP contribution is 2.38. The summed E-state index contributed by atoms with van der Waals surface area (Å²) in [5.41, 5.74) is 1.73. The lowest BCUT2D eigenvalue weighted by atomic mass is 9.77. The number of ether oxygens (including phenoxy) is 1. The molecular formula is C31H32Cl2N4O2. The fourth-order valence-corrected chi connectivity index (χ4v) is 6.11. The van der Waals surface area contributed by atoms with E-state index in [9.17, 15) is 4.79 Å². The number of hydrogen-bond donors (Lipinski definition) is 0. The van der Waals surface area contributed by atoms with Crippen LogP contribution in [0.15, 0.2) is 66.9 Å². The molecule has 2 aliphatic heterocycles. The van der Waals surface area contributed by atoms with Crippen LogP contribution in [-0.4, -0.2) is 48.1 Å². The van der Waals surface area contributed by atoms with Crippen LogP contribution in [0.2, 0.25) is 10.0 Å². The van der Waals surface area contributed by atoms with Crippen LogP contribution < -0.4 is 9.64 Å². The van der Waals surface area contributed by atoms with E-state index in [1.807, 2.05) is 42.5 Å². The van der Waals surface area contributed by atoms with Gasteiger partial charge in [0, 0.05) is 60.2 Å². The molecule has 2 aromatic carbocycles. The molecule has 2 saturated heterocycles. The first kappa shape index (κ1) is 27.3. The number of pyridine rings is 1. The molecule has 2 aliphatic rings. The zero-order valence-corrected chi connectivity index (χ0v) is 23.5. The van der Waals surface area contributed by atoms with Gasteiger partial charge in [-0.25, -0.2) is 4.98 Å². The average molecular weight is 564 g/mol. The topological polar surface area (TPSA) is 69.5 Å². The van der Waals surface area contributed by atoms with Gasteiger partial charge in [0.1, 0.15) is 17.6 Å². The summed E-state index contributed by atoms with van der Waals surface area (Å²) in [6, 6.07) is 21.2. The summed E-state index contributed by atoms with van der Waals surface area (Å²) in [7, 11) is 0. The van der Waals surface area contributed by atoms with Crippen molar-refractivity contribution >= 4 is 34.9 Å². The molecule has 0 bridgehead atoms. The van der Waals surface area contributed by atoms with Crippen LogP contribution >= 0.6 is 23.2 Å². The van der Waals surface area contributed by atoms with Crippen molar-refractivity contribution in [2.24, 2.45) is 11.8 Å². The van der Waals surface area contributed by atoms with Crippen molar-refractivity contribution in [1.82, 2.24) is 9.88 Å². The number of amides is 1. The number of piperidine rings is 2. The minimum Gasteiger partial charge on any atom is -0.490 e. The number of carbonyl (C=O) groups excluding carboxylic acids is 1. The number of likely N-dealkylation sites (tertiary alicyclic amines) is 1. The van der Waals surface area contributed by atoms with Gasteiger partial charge in [0.15, 0.2) is 0 Å². The lowest BCUT2D eigenvalue weighted by Crippen LogP contribution is -2.49. The van der Waals surface area contributed by atoms with Gasteiger partial charge in [-0.2, -0.15) is 5.26 Å². The van der Waals surface area contributed by atoms with E-state index in [1.165, 1.54) is 5.56 Å². The van der Waals surface area contributed by atoms with E-state index in [2.05, 4.69) is 39.9 Å². The van der Waals surface area contributed by atoms with Gasteiger partial charge in [0.05, 0.1) is 11.7 Å².